The highest BCUT2D eigenvalue weighted by atomic mass is 32.1. The van der Waals surface area contributed by atoms with E-state index in [1.54, 1.807) is 6.08 Å². The molecule has 1 aliphatic heterocycles. The van der Waals surface area contributed by atoms with E-state index < -0.39 is 17.8 Å². The van der Waals surface area contributed by atoms with Crippen LogP contribution < -0.4 is 14.9 Å². The first-order valence-electron chi connectivity index (χ1n) is 10.1. The fourth-order valence-corrected chi connectivity index (χ4v) is 5.20. The number of ketones is 1. The van der Waals surface area contributed by atoms with Crippen molar-refractivity contribution >= 4 is 23.2 Å². The van der Waals surface area contributed by atoms with E-state index in [0.717, 1.165) is 29.8 Å². The number of benzene rings is 2. The van der Waals surface area contributed by atoms with E-state index >= 15 is 0 Å². The zero-order valence-electron chi connectivity index (χ0n) is 16.7. The molecule has 1 atom stereocenters. The van der Waals surface area contributed by atoms with E-state index in [0.29, 0.717) is 33.3 Å². The molecular formula is C24H17F3N2O2S. The highest BCUT2D eigenvalue weighted by Crippen LogP contribution is 2.36. The SMILES string of the molecule is O=C1CCCC2=C1C(c1ccccc1)n1c(sc(=Cc3ccc(C(F)(F)F)cc3)c1=O)=N2. The lowest BCUT2D eigenvalue weighted by Gasteiger charge is -2.28. The summed E-state index contributed by atoms with van der Waals surface area (Å²) in [6.07, 6.45) is -1.02. The van der Waals surface area contributed by atoms with Crippen molar-refractivity contribution in [2.75, 3.05) is 0 Å². The minimum atomic E-state index is -4.42. The molecular weight excluding hydrogens is 437 g/mol. The van der Waals surface area contributed by atoms with Crippen LogP contribution in [0.15, 0.2) is 75.7 Å². The Morgan fingerprint density at radius 2 is 1.72 bits per heavy atom. The monoisotopic (exact) mass is 454 g/mol. The Balaban J connectivity index is 1.68. The Kier molecular flexibility index (Phi) is 4.97. The van der Waals surface area contributed by atoms with Crippen LogP contribution in [0.25, 0.3) is 6.08 Å². The number of Topliss-reactive ketones (excluding diaryl/α,β-unsaturated/α-hetero) is 1. The van der Waals surface area contributed by atoms with Gasteiger partial charge in [-0.25, -0.2) is 4.99 Å². The number of carbonyl (C=O) groups excluding carboxylic acids is 1. The Morgan fingerprint density at radius 3 is 2.41 bits per heavy atom. The first kappa shape index (κ1) is 20.6. The maximum absolute atomic E-state index is 13.4. The lowest BCUT2D eigenvalue weighted by Crippen LogP contribution is -2.40. The van der Waals surface area contributed by atoms with Gasteiger partial charge in [-0.3, -0.25) is 14.2 Å². The van der Waals surface area contributed by atoms with E-state index in [4.69, 9.17) is 0 Å². The first-order chi connectivity index (χ1) is 15.3. The van der Waals surface area contributed by atoms with Gasteiger partial charge in [0.05, 0.1) is 21.8 Å². The van der Waals surface area contributed by atoms with Crippen molar-refractivity contribution in [1.82, 2.24) is 4.57 Å². The van der Waals surface area contributed by atoms with Gasteiger partial charge in [0.2, 0.25) is 0 Å². The van der Waals surface area contributed by atoms with Crippen LogP contribution in [-0.4, -0.2) is 10.4 Å². The van der Waals surface area contributed by atoms with Crippen LogP contribution >= 0.6 is 11.3 Å². The minimum Gasteiger partial charge on any atom is -0.294 e. The van der Waals surface area contributed by atoms with Crippen molar-refractivity contribution in [2.24, 2.45) is 4.99 Å². The second kappa shape index (κ2) is 7.70. The third-order valence-electron chi connectivity index (χ3n) is 5.68. The van der Waals surface area contributed by atoms with Gasteiger partial charge in [0.25, 0.3) is 5.56 Å². The summed E-state index contributed by atoms with van der Waals surface area (Å²) in [7, 11) is 0. The first-order valence-corrected chi connectivity index (χ1v) is 10.9. The number of fused-ring (bicyclic) bond motifs is 1. The number of aromatic nitrogens is 1. The third-order valence-corrected chi connectivity index (χ3v) is 6.66. The Hall–Kier alpha value is -3.26. The standard InChI is InChI=1S/C24H17F3N2O2S/c25-24(26,27)16-11-9-14(10-12-16)13-19-22(31)29-21(15-5-2-1-3-6-15)20-17(28-23(29)32-19)7-4-8-18(20)30/h1-3,5-6,9-13,21H,4,7-8H2. The van der Waals surface area contributed by atoms with Gasteiger partial charge in [-0.05, 0) is 42.2 Å². The summed E-state index contributed by atoms with van der Waals surface area (Å²) in [6.45, 7) is 0. The van der Waals surface area contributed by atoms with Crippen molar-refractivity contribution in [3.05, 3.63) is 102 Å². The Morgan fingerprint density at radius 1 is 1.00 bits per heavy atom. The molecule has 0 N–H and O–H groups in total. The van der Waals surface area contributed by atoms with E-state index in [9.17, 15) is 22.8 Å². The summed E-state index contributed by atoms with van der Waals surface area (Å²) in [5.41, 5.74) is 1.54. The third kappa shape index (κ3) is 3.54. The lowest BCUT2D eigenvalue weighted by atomic mass is 9.86. The average Bonchev–Trinajstić information content (AvgIpc) is 3.08. The Labute approximate surface area is 184 Å². The van der Waals surface area contributed by atoms with Crippen LogP contribution in [0.4, 0.5) is 13.2 Å². The van der Waals surface area contributed by atoms with Gasteiger partial charge in [-0.1, -0.05) is 53.8 Å². The number of nitrogens with zero attached hydrogens (tertiary/aromatic N) is 2. The highest BCUT2D eigenvalue weighted by molar-refractivity contribution is 7.07. The molecule has 0 bridgehead atoms. The normalized spacial score (nSPS) is 18.9. The fourth-order valence-electron chi connectivity index (χ4n) is 4.18. The lowest BCUT2D eigenvalue weighted by molar-refractivity contribution is -0.137. The molecule has 32 heavy (non-hydrogen) atoms. The summed E-state index contributed by atoms with van der Waals surface area (Å²) < 4.78 is 40.4. The van der Waals surface area contributed by atoms with Crippen molar-refractivity contribution < 1.29 is 18.0 Å². The predicted octanol–water partition coefficient (Wildman–Crippen LogP) is 3.99. The molecule has 8 heteroatoms. The van der Waals surface area contributed by atoms with E-state index in [2.05, 4.69) is 4.99 Å². The van der Waals surface area contributed by atoms with E-state index in [-0.39, 0.29) is 11.3 Å². The summed E-state index contributed by atoms with van der Waals surface area (Å²) in [5, 5.41) is 0. The zero-order chi connectivity index (χ0) is 22.5. The summed E-state index contributed by atoms with van der Waals surface area (Å²) in [6, 6.07) is 13.5. The fraction of sp³-hybridized carbons (Fsp3) is 0.208. The van der Waals surface area contributed by atoms with Gasteiger partial charge >= 0.3 is 6.18 Å². The second-order valence-electron chi connectivity index (χ2n) is 7.75. The quantitative estimate of drug-likeness (QED) is 0.588. The summed E-state index contributed by atoms with van der Waals surface area (Å²) >= 11 is 1.18. The smallest absolute Gasteiger partial charge is 0.294 e. The topological polar surface area (TPSA) is 51.4 Å². The molecule has 0 amide bonds. The van der Waals surface area contributed by atoms with Crippen LogP contribution in [0, 0.1) is 0 Å². The van der Waals surface area contributed by atoms with Gasteiger partial charge in [-0.2, -0.15) is 13.2 Å². The molecule has 0 spiro atoms. The number of carbonyl (C=O) groups is 1. The molecule has 162 valence electrons. The summed E-state index contributed by atoms with van der Waals surface area (Å²) in [4.78, 5) is 31.3. The second-order valence-corrected chi connectivity index (χ2v) is 8.76. The number of hydrogen-bond donors (Lipinski definition) is 0. The van der Waals surface area contributed by atoms with E-state index in [1.807, 2.05) is 30.3 Å². The number of hydrogen-bond acceptors (Lipinski definition) is 4. The van der Waals surface area contributed by atoms with Crippen molar-refractivity contribution in [2.45, 2.75) is 31.5 Å². The molecule has 0 fully saturated rings. The van der Waals surface area contributed by atoms with Crippen LogP contribution in [0.2, 0.25) is 0 Å². The molecule has 2 aromatic carbocycles. The summed E-state index contributed by atoms with van der Waals surface area (Å²) in [5.74, 6) is 0.000808. The number of alkyl halides is 3. The van der Waals surface area contributed by atoms with Gasteiger partial charge in [0, 0.05) is 12.0 Å². The van der Waals surface area contributed by atoms with E-state index in [1.165, 1.54) is 28.0 Å². The number of rotatable bonds is 2. The number of allylic oxidation sites excluding steroid dienone is 2. The predicted molar refractivity (Wildman–Crippen MR) is 115 cm³/mol. The van der Waals surface area contributed by atoms with Gasteiger partial charge in [0.1, 0.15) is 0 Å². The molecule has 0 saturated carbocycles. The average molecular weight is 454 g/mol. The van der Waals surface area contributed by atoms with Crippen molar-refractivity contribution in [1.29, 1.82) is 0 Å². The van der Waals surface area contributed by atoms with Crippen LogP contribution in [0.1, 0.15) is 42.0 Å². The van der Waals surface area contributed by atoms with Gasteiger partial charge in [-0.15, -0.1) is 0 Å². The van der Waals surface area contributed by atoms with Crippen LogP contribution in [-0.2, 0) is 11.0 Å². The molecule has 2 aliphatic rings. The molecule has 0 saturated heterocycles. The van der Waals surface area contributed by atoms with Crippen LogP contribution in [0.5, 0.6) is 0 Å². The van der Waals surface area contributed by atoms with Gasteiger partial charge < -0.3 is 0 Å². The molecule has 4 nitrogen and oxygen atoms in total. The molecule has 3 aromatic rings. The zero-order valence-corrected chi connectivity index (χ0v) is 17.5. The van der Waals surface area contributed by atoms with Crippen molar-refractivity contribution in [3.8, 4) is 0 Å². The minimum absolute atomic E-state index is 0.000808. The molecule has 1 unspecified atom stereocenters. The maximum Gasteiger partial charge on any atom is 0.416 e. The number of thiazole rings is 1. The van der Waals surface area contributed by atoms with Gasteiger partial charge in [0.15, 0.2) is 10.6 Å². The van der Waals surface area contributed by atoms with Crippen LogP contribution in [0.3, 0.4) is 0 Å². The molecule has 5 rings (SSSR count). The number of halogens is 3. The Bertz CT molecular complexity index is 1420. The molecule has 1 aliphatic carbocycles. The molecule has 1 aromatic heterocycles. The van der Waals surface area contributed by atoms with Crippen molar-refractivity contribution in [3.63, 3.8) is 0 Å². The highest BCUT2D eigenvalue weighted by Gasteiger charge is 2.35. The molecule has 2 heterocycles. The largest absolute Gasteiger partial charge is 0.416 e. The maximum atomic E-state index is 13.4. The molecule has 0 radical (unpaired) electrons.